The van der Waals surface area contributed by atoms with E-state index in [-0.39, 0.29) is 5.56 Å². The van der Waals surface area contributed by atoms with Crippen molar-refractivity contribution >= 4 is 56.5 Å². The second-order valence-corrected chi connectivity index (χ2v) is 5.79. The zero-order valence-corrected chi connectivity index (χ0v) is 13.5. The molecule has 0 heterocycles. The Hall–Kier alpha value is -1.23. The molecule has 3 nitrogen and oxygen atoms in total. The maximum atomic E-state index is 11.0. The van der Waals surface area contributed by atoms with E-state index in [9.17, 15) is 4.79 Å². The first-order valence-electron chi connectivity index (χ1n) is 5.64. The Labute approximate surface area is 134 Å². The smallest absolute Gasteiger partial charge is 0.335 e. The lowest BCUT2D eigenvalue weighted by atomic mass is 10.1. The van der Waals surface area contributed by atoms with Gasteiger partial charge in [0.05, 0.1) is 21.3 Å². The molecule has 0 radical (unpaired) electrons. The number of halogens is 3. The second kappa shape index (κ2) is 6.04. The molecule has 0 amide bonds. The van der Waals surface area contributed by atoms with Crippen LogP contribution >= 0.6 is 39.1 Å². The van der Waals surface area contributed by atoms with Gasteiger partial charge >= 0.3 is 5.97 Å². The van der Waals surface area contributed by atoms with Gasteiger partial charge in [-0.2, -0.15) is 0 Å². The van der Waals surface area contributed by atoms with Crippen molar-refractivity contribution in [2.45, 2.75) is 6.92 Å². The number of benzene rings is 2. The molecule has 0 saturated heterocycles. The quantitative estimate of drug-likeness (QED) is 0.696. The number of anilines is 2. The molecule has 0 aliphatic heterocycles. The molecular weight excluding hydrogens is 365 g/mol. The highest BCUT2D eigenvalue weighted by atomic mass is 79.9. The molecule has 2 N–H and O–H groups in total. The number of nitrogens with one attached hydrogen (secondary N) is 1. The van der Waals surface area contributed by atoms with Gasteiger partial charge < -0.3 is 10.4 Å². The van der Waals surface area contributed by atoms with E-state index in [0.29, 0.717) is 25.8 Å². The molecule has 104 valence electrons. The van der Waals surface area contributed by atoms with Gasteiger partial charge in [0, 0.05) is 10.2 Å². The van der Waals surface area contributed by atoms with Crippen LogP contribution in [0.15, 0.2) is 34.8 Å². The van der Waals surface area contributed by atoms with Crippen molar-refractivity contribution in [1.29, 1.82) is 0 Å². The van der Waals surface area contributed by atoms with Gasteiger partial charge in [-0.05, 0) is 58.7 Å². The Morgan fingerprint density at radius 3 is 2.50 bits per heavy atom. The summed E-state index contributed by atoms with van der Waals surface area (Å²) in [6.07, 6.45) is 0. The summed E-state index contributed by atoms with van der Waals surface area (Å²) in [7, 11) is 0. The minimum Gasteiger partial charge on any atom is -0.478 e. The van der Waals surface area contributed by atoms with Gasteiger partial charge in [-0.1, -0.05) is 23.2 Å². The van der Waals surface area contributed by atoms with E-state index in [0.717, 1.165) is 5.69 Å². The third-order valence-electron chi connectivity index (χ3n) is 2.77. The monoisotopic (exact) mass is 373 g/mol. The molecule has 0 bridgehead atoms. The number of rotatable bonds is 3. The average Bonchev–Trinajstić information content (AvgIpc) is 2.39. The Morgan fingerprint density at radius 2 is 1.90 bits per heavy atom. The summed E-state index contributed by atoms with van der Waals surface area (Å²) in [6.45, 7) is 1.74. The summed E-state index contributed by atoms with van der Waals surface area (Å²) >= 11 is 15.5. The molecule has 20 heavy (non-hydrogen) atoms. The number of carboxylic acid groups (broad SMARTS) is 1. The van der Waals surface area contributed by atoms with Crippen LogP contribution in [0.5, 0.6) is 0 Å². The fourth-order valence-electron chi connectivity index (χ4n) is 1.76. The molecule has 0 aromatic heterocycles. The van der Waals surface area contributed by atoms with E-state index < -0.39 is 5.97 Å². The molecule has 0 spiro atoms. The summed E-state index contributed by atoms with van der Waals surface area (Å²) in [5, 5.41) is 12.9. The molecule has 0 aliphatic rings. The summed E-state index contributed by atoms with van der Waals surface area (Å²) in [5.74, 6) is -0.946. The normalized spacial score (nSPS) is 10.4. The van der Waals surface area contributed by atoms with Crippen LogP contribution in [0.4, 0.5) is 11.4 Å². The van der Waals surface area contributed by atoms with Crippen LogP contribution in [0, 0.1) is 6.92 Å². The van der Waals surface area contributed by atoms with Crippen molar-refractivity contribution in [3.8, 4) is 0 Å². The van der Waals surface area contributed by atoms with E-state index in [2.05, 4.69) is 21.2 Å². The van der Waals surface area contributed by atoms with E-state index in [1.54, 1.807) is 37.3 Å². The third kappa shape index (κ3) is 3.08. The Morgan fingerprint density at radius 1 is 1.20 bits per heavy atom. The largest absolute Gasteiger partial charge is 0.478 e. The molecule has 0 aliphatic carbocycles. The summed E-state index contributed by atoms with van der Waals surface area (Å²) < 4.78 is 0.715. The number of carbonyl (C=O) groups is 1. The minimum absolute atomic E-state index is 0.274. The molecule has 2 aromatic carbocycles. The Balaban J connectivity index is 2.34. The van der Waals surface area contributed by atoms with E-state index in [1.165, 1.54) is 0 Å². The van der Waals surface area contributed by atoms with Gasteiger partial charge in [0.1, 0.15) is 0 Å². The molecule has 0 saturated carbocycles. The van der Waals surface area contributed by atoms with Crippen molar-refractivity contribution in [3.63, 3.8) is 0 Å². The van der Waals surface area contributed by atoms with Crippen LogP contribution in [0.3, 0.4) is 0 Å². The highest BCUT2D eigenvalue weighted by molar-refractivity contribution is 9.10. The summed E-state index contributed by atoms with van der Waals surface area (Å²) in [6, 6.07) is 8.56. The number of carboxylic acids is 1. The standard InChI is InChI=1S/C14H10BrCl2NO2/c1-7-6-8(2-3-9(7)14(19)20)18-11-5-4-10(15)12(16)13(11)17/h2-6,18H,1H3,(H,19,20). The molecule has 0 atom stereocenters. The molecule has 0 fully saturated rings. The van der Waals surface area contributed by atoms with Gasteiger partial charge in [-0.15, -0.1) is 0 Å². The first-order chi connectivity index (χ1) is 9.40. The van der Waals surface area contributed by atoms with Crippen LogP contribution in [0.25, 0.3) is 0 Å². The number of hydrogen-bond donors (Lipinski definition) is 2. The average molecular weight is 375 g/mol. The van der Waals surface area contributed by atoms with Crippen molar-refractivity contribution < 1.29 is 9.90 Å². The Bertz CT molecular complexity index is 689. The molecule has 2 rings (SSSR count). The van der Waals surface area contributed by atoms with E-state index in [1.807, 2.05) is 0 Å². The number of aromatic carboxylic acids is 1. The minimum atomic E-state index is -0.946. The molecule has 6 heteroatoms. The van der Waals surface area contributed by atoms with Crippen LogP contribution in [-0.4, -0.2) is 11.1 Å². The van der Waals surface area contributed by atoms with Gasteiger partial charge in [0.25, 0.3) is 0 Å². The van der Waals surface area contributed by atoms with Crippen LogP contribution in [0.1, 0.15) is 15.9 Å². The van der Waals surface area contributed by atoms with Crippen molar-refractivity contribution in [2.75, 3.05) is 5.32 Å². The zero-order chi connectivity index (χ0) is 14.9. The fourth-order valence-corrected chi connectivity index (χ4v) is 2.58. The zero-order valence-electron chi connectivity index (χ0n) is 10.4. The molecular formula is C14H10BrCl2NO2. The van der Waals surface area contributed by atoms with Crippen molar-refractivity contribution in [2.24, 2.45) is 0 Å². The predicted octanol–water partition coefficient (Wildman–Crippen LogP) is 5.51. The molecule has 0 unspecified atom stereocenters. The molecule has 2 aromatic rings. The highest BCUT2D eigenvalue weighted by Gasteiger charge is 2.10. The Kier molecular flexibility index (Phi) is 4.58. The third-order valence-corrected chi connectivity index (χ3v) is 4.54. The fraction of sp³-hybridized carbons (Fsp3) is 0.0714. The van der Waals surface area contributed by atoms with Crippen LogP contribution in [0.2, 0.25) is 10.0 Å². The van der Waals surface area contributed by atoms with Gasteiger partial charge in [-0.3, -0.25) is 0 Å². The SMILES string of the molecule is Cc1cc(Nc2ccc(Br)c(Cl)c2Cl)ccc1C(=O)O. The van der Waals surface area contributed by atoms with E-state index >= 15 is 0 Å². The topological polar surface area (TPSA) is 49.3 Å². The first-order valence-corrected chi connectivity index (χ1v) is 7.19. The van der Waals surface area contributed by atoms with Gasteiger partial charge in [0.2, 0.25) is 0 Å². The number of aryl methyl sites for hydroxylation is 1. The van der Waals surface area contributed by atoms with Gasteiger partial charge in [0.15, 0.2) is 0 Å². The lowest BCUT2D eigenvalue weighted by Crippen LogP contribution is -2.00. The summed E-state index contributed by atoms with van der Waals surface area (Å²) in [5.41, 5.74) is 2.34. The summed E-state index contributed by atoms with van der Waals surface area (Å²) in [4.78, 5) is 11.0. The maximum Gasteiger partial charge on any atom is 0.335 e. The van der Waals surface area contributed by atoms with Gasteiger partial charge in [-0.25, -0.2) is 4.79 Å². The first kappa shape index (κ1) is 15.2. The maximum absolute atomic E-state index is 11.0. The van der Waals surface area contributed by atoms with Crippen molar-refractivity contribution in [3.05, 3.63) is 56.0 Å². The lowest BCUT2D eigenvalue weighted by Gasteiger charge is -2.12. The highest BCUT2D eigenvalue weighted by Crippen LogP contribution is 2.37. The number of hydrogen-bond acceptors (Lipinski definition) is 2. The second-order valence-electron chi connectivity index (χ2n) is 4.18. The van der Waals surface area contributed by atoms with Crippen LogP contribution in [-0.2, 0) is 0 Å². The van der Waals surface area contributed by atoms with E-state index in [4.69, 9.17) is 28.3 Å². The van der Waals surface area contributed by atoms with Crippen molar-refractivity contribution in [1.82, 2.24) is 0 Å². The lowest BCUT2D eigenvalue weighted by molar-refractivity contribution is 0.0696. The van der Waals surface area contributed by atoms with Crippen LogP contribution < -0.4 is 5.32 Å². The predicted molar refractivity (Wildman–Crippen MR) is 85.6 cm³/mol.